The van der Waals surface area contributed by atoms with Gasteiger partial charge in [0.15, 0.2) is 5.65 Å². The van der Waals surface area contributed by atoms with Crippen molar-refractivity contribution in [3.05, 3.63) is 24.5 Å². The maximum Gasteiger partial charge on any atom is 0.224 e. The third-order valence-electron chi connectivity index (χ3n) is 1.94. The van der Waals surface area contributed by atoms with Gasteiger partial charge in [-0.1, -0.05) is 0 Å². The van der Waals surface area contributed by atoms with Crippen molar-refractivity contribution < 1.29 is 4.74 Å². The molecular formula is C10H12N4O. The van der Waals surface area contributed by atoms with Gasteiger partial charge in [0.05, 0.1) is 6.61 Å². The molecule has 0 radical (unpaired) electrons. The Labute approximate surface area is 87.5 Å². The second kappa shape index (κ2) is 4.65. The minimum Gasteiger partial charge on any atom is -0.383 e. The van der Waals surface area contributed by atoms with E-state index in [1.165, 1.54) is 0 Å². The van der Waals surface area contributed by atoms with E-state index >= 15 is 0 Å². The average molecular weight is 204 g/mol. The molecule has 2 aromatic heterocycles. The van der Waals surface area contributed by atoms with E-state index in [4.69, 9.17) is 4.74 Å². The first kappa shape index (κ1) is 9.79. The molecule has 0 spiro atoms. The Hall–Kier alpha value is -1.75. The molecule has 0 saturated carbocycles. The van der Waals surface area contributed by atoms with Crippen molar-refractivity contribution in [1.82, 2.24) is 15.0 Å². The Bertz CT molecular complexity index is 446. The third kappa shape index (κ3) is 2.38. The maximum atomic E-state index is 4.92. The highest BCUT2D eigenvalue weighted by molar-refractivity contribution is 5.74. The van der Waals surface area contributed by atoms with Gasteiger partial charge < -0.3 is 10.1 Å². The van der Waals surface area contributed by atoms with Crippen molar-refractivity contribution >= 4 is 17.0 Å². The first-order chi connectivity index (χ1) is 7.40. The summed E-state index contributed by atoms with van der Waals surface area (Å²) in [5.74, 6) is 0.582. The van der Waals surface area contributed by atoms with Crippen LogP contribution in [0.25, 0.3) is 11.0 Å². The summed E-state index contributed by atoms with van der Waals surface area (Å²) in [7, 11) is 1.66. The summed E-state index contributed by atoms with van der Waals surface area (Å²) in [6.07, 6.45) is 3.47. The van der Waals surface area contributed by atoms with E-state index in [0.29, 0.717) is 24.7 Å². The molecule has 0 bridgehead atoms. The predicted molar refractivity (Wildman–Crippen MR) is 57.7 cm³/mol. The SMILES string of the molecule is COCCNc1ncc2cccnc2n1. The van der Waals surface area contributed by atoms with E-state index in [9.17, 15) is 0 Å². The van der Waals surface area contributed by atoms with Crippen LogP contribution in [-0.4, -0.2) is 35.2 Å². The van der Waals surface area contributed by atoms with Gasteiger partial charge in [0.2, 0.25) is 5.95 Å². The number of fused-ring (bicyclic) bond motifs is 1. The number of pyridine rings is 1. The zero-order chi connectivity index (χ0) is 10.5. The third-order valence-corrected chi connectivity index (χ3v) is 1.94. The molecule has 2 aromatic rings. The van der Waals surface area contributed by atoms with Gasteiger partial charge in [0, 0.05) is 31.4 Å². The van der Waals surface area contributed by atoms with Crippen LogP contribution in [0.1, 0.15) is 0 Å². The maximum absolute atomic E-state index is 4.92. The monoisotopic (exact) mass is 204 g/mol. The number of ether oxygens (including phenoxy) is 1. The van der Waals surface area contributed by atoms with E-state index in [1.54, 1.807) is 19.5 Å². The van der Waals surface area contributed by atoms with Gasteiger partial charge in [-0.2, -0.15) is 4.98 Å². The zero-order valence-electron chi connectivity index (χ0n) is 8.47. The lowest BCUT2D eigenvalue weighted by Crippen LogP contribution is -2.10. The van der Waals surface area contributed by atoms with Crippen LogP contribution in [0.2, 0.25) is 0 Å². The van der Waals surface area contributed by atoms with E-state index in [-0.39, 0.29) is 0 Å². The fourth-order valence-corrected chi connectivity index (χ4v) is 1.21. The van der Waals surface area contributed by atoms with Crippen LogP contribution >= 0.6 is 0 Å². The van der Waals surface area contributed by atoms with Gasteiger partial charge in [-0.25, -0.2) is 9.97 Å². The molecule has 0 unspecified atom stereocenters. The molecule has 2 heterocycles. The van der Waals surface area contributed by atoms with Crippen molar-refractivity contribution in [3.63, 3.8) is 0 Å². The van der Waals surface area contributed by atoms with Crippen LogP contribution in [0.5, 0.6) is 0 Å². The Morgan fingerprint density at radius 1 is 1.40 bits per heavy atom. The first-order valence-electron chi connectivity index (χ1n) is 4.71. The smallest absolute Gasteiger partial charge is 0.224 e. The van der Waals surface area contributed by atoms with Crippen LogP contribution in [-0.2, 0) is 4.74 Å². The Morgan fingerprint density at radius 2 is 2.33 bits per heavy atom. The number of aromatic nitrogens is 3. The molecule has 0 aliphatic carbocycles. The van der Waals surface area contributed by atoms with Crippen LogP contribution < -0.4 is 5.32 Å². The molecule has 0 fully saturated rings. The second-order valence-corrected chi connectivity index (χ2v) is 3.03. The summed E-state index contributed by atoms with van der Waals surface area (Å²) in [5, 5.41) is 3.99. The number of anilines is 1. The molecule has 0 aromatic carbocycles. The summed E-state index contributed by atoms with van der Waals surface area (Å²) in [6, 6.07) is 3.80. The van der Waals surface area contributed by atoms with Gasteiger partial charge in [-0.05, 0) is 12.1 Å². The van der Waals surface area contributed by atoms with E-state index < -0.39 is 0 Å². The molecule has 78 valence electrons. The largest absolute Gasteiger partial charge is 0.383 e. The van der Waals surface area contributed by atoms with Crippen molar-refractivity contribution in [2.75, 3.05) is 25.6 Å². The molecule has 0 atom stereocenters. The predicted octanol–water partition coefficient (Wildman–Crippen LogP) is 1.08. The van der Waals surface area contributed by atoms with E-state index in [2.05, 4.69) is 20.3 Å². The molecular weight excluding hydrogens is 192 g/mol. The molecule has 0 amide bonds. The lowest BCUT2D eigenvalue weighted by molar-refractivity contribution is 0.210. The van der Waals surface area contributed by atoms with Gasteiger partial charge in [-0.3, -0.25) is 0 Å². The molecule has 0 saturated heterocycles. The lowest BCUT2D eigenvalue weighted by atomic mass is 10.3. The highest BCUT2D eigenvalue weighted by Crippen LogP contribution is 2.08. The van der Waals surface area contributed by atoms with Crippen LogP contribution in [0, 0.1) is 0 Å². The molecule has 0 aliphatic heterocycles. The van der Waals surface area contributed by atoms with Crippen molar-refractivity contribution in [2.45, 2.75) is 0 Å². The van der Waals surface area contributed by atoms with Gasteiger partial charge in [0.1, 0.15) is 0 Å². The number of hydrogen-bond donors (Lipinski definition) is 1. The molecule has 1 N–H and O–H groups in total. The Morgan fingerprint density at radius 3 is 3.20 bits per heavy atom. The highest BCUT2D eigenvalue weighted by Gasteiger charge is 1.98. The fourth-order valence-electron chi connectivity index (χ4n) is 1.21. The minimum atomic E-state index is 0.582. The number of methoxy groups -OCH3 is 1. The van der Waals surface area contributed by atoms with Crippen LogP contribution in [0.15, 0.2) is 24.5 Å². The average Bonchev–Trinajstić information content (AvgIpc) is 2.29. The molecule has 5 nitrogen and oxygen atoms in total. The standard InChI is InChI=1S/C10H12N4O/c1-15-6-5-12-10-13-7-8-3-2-4-11-9(8)14-10/h2-4,7H,5-6H2,1H3,(H,11,12,13,14). The van der Waals surface area contributed by atoms with Gasteiger partial charge in [0.25, 0.3) is 0 Å². The van der Waals surface area contributed by atoms with Crippen molar-refractivity contribution in [3.8, 4) is 0 Å². The molecule has 15 heavy (non-hydrogen) atoms. The highest BCUT2D eigenvalue weighted by atomic mass is 16.5. The second-order valence-electron chi connectivity index (χ2n) is 3.03. The van der Waals surface area contributed by atoms with Crippen molar-refractivity contribution in [2.24, 2.45) is 0 Å². The Kier molecular flexibility index (Phi) is 3.04. The number of nitrogens with one attached hydrogen (secondary N) is 1. The normalized spacial score (nSPS) is 10.5. The summed E-state index contributed by atoms with van der Waals surface area (Å²) in [5.41, 5.74) is 0.701. The number of nitrogens with zero attached hydrogens (tertiary/aromatic N) is 3. The molecule has 2 rings (SSSR count). The first-order valence-corrected chi connectivity index (χ1v) is 4.71. The van der Waals surface area contributed by atoms with Gasteiger partial charge >= 0.3 is 0 Å². The Balaban J connectivity index is 2.16. The van der Waals surface area contributed by atoms with E-state index in [1.807, 2.05) is 12.1 Å². The number of rotatable bonds is 4. The number of hydrogen-bond acceptors (Lipinski definition) is 5. The quantitative estimate of drug-likeness (QED) is 0.755. The molecule has 5 heteroatoms. The molecule has 0 aliphatic rings. The van der Waals surface area contributed by atoms with Crippen LogP contribution in [0.3, 0.4) is 0 Å². The van der Waals surface area contributed by atoms with Crippen LogP contribution in [0.4, 0.5) is 5.95 Å². The summed E-state index contributed by atoms with van der Waals surface area (Å²) in [6.45, 7) is 1.32. The summed E-state index contributed by atoms with van der Waals surface area (Å²) in [4.78, 5) is 12.6. The summed E-state index contributed by atoms with van der Waals surface area (Å²) >= 11 is 0. The zero-order valence-corrected chi connectivity index (χ0v) is 8.47. The lowest BCUT2D eigenvalue weighted by Gasteiger charge is -2.03. The van der Waals surface area contributed by atoms with E-state index in [0.717, 1.165) is 5.39 Å². The van der Waals surface area contributed by atoms with Gasteiger partial charge in [-0.15, -0.1) is 0 Å². The summed E-state index contributed by atoms with van der Waals surface area (Å²) < 4.78 is 4.92. The fraction of sp³-hybridized carbons (Fsp3) is 0.300. The minimum absolute atomic E-state index is 0.582. The van der Waals surface area contributed by atoms with Crippen molar-refractivity contribution in [1.29, 1.82) is 0 Å². The topological polar surface area (TPSA) is 59.9 Å².